The maximum atomic E-state index is 11.8. The van der Waals surface area contributed by atoms with Crippen molar-refractivity contribution in [2.75, 3.05) is 6.54 Å². The van der Waals surface area contributed by atoms with Gasteiger partial charge in [0, 0.05) is 24.5 Å². The highest BCUT2D eigenvalue weighted by atomic mass is 16.6. The minimum absolute atomic E-state index is 0.171. The van der Waals surface area contributed by atoms with Crippen LogP contribution in [0.2, 0.25) is 0 Å². The SMILES string of the molecule is CC(C)(C)OC(=O)NC1CCC(NCCCC(=O)NC2CC2)C1. The number of carbonyl (C=O) groups is 2. The lowest BCUT2D eigenvalue weighted by atomic mass is 10.2. The molecule has 0 aromatic heterocycles. The molecule has 0 bridgehead atoms. The molecule has 132 valence electrons. The first kappa shape index (κ1) is 18.0. The molecule has 2 amide bonds. The van der Waals surface area contributed by atoms with Crippen molar-refractivity contribution in [3.05, 3.63) is 0 Å². The fraction of sp³-hybridized carbons (Fsp3) is 0.882. The summed E-state index contributed by atoms with van der Waals surface area (Å²) >= 11 is 0. The maximum absolute atomic E-state index is 11.8. The molecule has 2 fully saturated rings. The van der Waals surface area contributed by atoms with E-state index in [1.807, 2.05) is 20.8 Å². The Kier molecular flexibility index (Phi) is 6.27. The number of hydrogen-bond acceptors (Lipinski definition) is 4. The van der Waals surface area contributed by atoms with Crippen molar-refractivity contribution in [2.24, 2.45) is 0 Å². The number of carbonyl (C=O) groups excluding carboxylic acids is 2. The molecule has 6 heteroatoms. The van der Waals surface area contributed by atoms with Crippen LogP contribution in [-0.4, -0.2) is 42.3 Å². The van der Waals surface area contributed by atoms with Gasteiger partial charge in [0.1, 0.15) is 5.60 Å². The number of nitrogens with one attached hydrogen (secondary N) is 3. The summed E-state index contributed by atoms with van der Waals surface area (Å²) in [6.07, 6.45) is 6.34. The van der Waals surface area contributed by atoms with Crippen LogP contribution in [0.1, 0.15) is 65.7 Å². The quantitative estimate of drug-likeness (QED) is 0.626. The van der Waals surface area contributed by atoms with E-state index in [4.69, 9.17) is 4.74 Å². The standard InChI is InChI=1S/C17H31N3O3/c1-17(2,3)23-16(22)20-14-9-8-13(11-14)18-10-4-5-15(21)19-12-6-7-12/h12-14,18H,4-11H2,1-3H3,(H,19,21)(H,20,22). The first-order valence-corrected chi connectivity index (χ1v) is 8.84. The number of rotatable bonds is 7. The highest BCUT2D eigenvalue weighted by Gasteiger charge is 2.27. The van der Waals surface area contributed by atoms with E-state index < -0.39 is 5.60 Å². The summed E-state index contributed by atoms with van der Waals surface area (Å²) in [5.74, 6) is 0.171. The van der Waals surface area contributed by atoms with Crippen LogP contribution in [0.4, 0.5) is 4.79 Å². The Bertz CT molecular complexity index is 416. The third-order valence-corrected chi connectivity index (χ3v) is 4.11. The predicted octanol–water partition coefficient (Wildman–Crippen LogP) is 2.08. The van der Waals surface area contributed by atoms with E-state index in [2.05, 4.69) is 16.0 Å². The zero-order valence-electron chi connectivity index (χ0n) is 14.6. The van der Waals surface area contributed by atoms with Gasteiger partial charge in [-0.15, -0.1) is 0 Å². The third kappa shape index (κ3) is 7.68. The lowest BCUT2D eigenvalue weighted by Crippen LogP contribution is -2.39. The van der Waals surface area contributed by atoms with E-state index in [0.29, 0.717) is 18.5 Å². The summed E-state index contributed by atoms with van der Waals surface area (Å²) in [5.41, 5.74) is -0.457. The van der Waals surface area contributed by atoms with Crippen molar-refractivity contribution < 1.29 is 14.3 Å². The lowest BCUT2D eigenvalue weighted by molar-refractivity contribution is -0.121. The van der Waals surface area contributed by atoms with Crippen LogP contribution in [0.25, 0.3) is 0 Å². The molecule has 3 N–H and O–H groups in total. The van der Waals surface area contributed by atoms with Crippen molar-refractivity contribution in [1.29, 1.82) is 0 Å². The molecule has 2 unspecified atom stereocenters. The Balaban J connectivity index is 1.52. The molecule has 2 aliphatic carbocycles. The molecule has 0 aromatic carbocycles. The summed E-state index contributed by atoms with van der Waals surface area (Å²) in [5, 5.41) is 9.42. The van der Waals surface area contributed by atoms with Gasteiger partial charge in [0.15, 0.2) is 0 Å². The van der Waals surface area contributed by atoms with Crippen molar-refractivity contribution in [2.45, 2.75) is 89.4 Å². The zero-order valence-corrected chi connectivity index (χ0v) is 14.6. The van der Waals surface area contributed by atoms with Gasteiger partial charge in [0.25, 0.3) is 0 Å². The Morgan fingerprint density at radius 3 is 2.30 bits per heavy atom. The Labute approximate surface area is 139 Å². The molecule has 2 atom stereocenters. The van der Waals surface area contributed by atoms with Crippen molar-refractivity contribution in [3.63, 3.8) is 0 Å². The van der Waals surface area contributed by atoms with Gasteiger partial charge >= 0.3 is 6.09 Å². The third-order valence-electron chi connectivity index (χ3n) is 4.11. The zero-order chi connectivity index (χ0) is 16.9. The summed E-state index contributed by atoms with van der Waals surface area (Å²) in [6.45, 7) is 6.45. The summed E-state index contributed by atoms with van der Waals surface area (Å²) in [7, 11) is 0. The van der Waals surface area contributed by atoms with Gasteiger partial charge in [0.05, 0.1) is 0 Å². The molecule has 2 rings (SSSR count). The molecule has 0 aliphatic heterocycles. The first-order chi connectivity index (χ1) is 10.8. The Morgan fingerprint density at radius 1 is 1.00 bits per heavy atom. The van der Waals surface area contributed by atoms with E-state index in [0.717, 1.165) is 45.1 Å². The summed E-state index contributed by atoms with van der Waals surface area (Å²) in [6, 6.07) is 1.05. The number of amides is 2. The Morgan fingerprint density at radius 2 is 1.65 bits per heavy atom. The molecule has 2 aliphatic rings. The number of hydrogen-bond donors (Lipinski definition) is 3. The Hall–Kier alpha value is -1.30. The van der Waals surface area contributed by atoms with Gasteiger partial charge in [-0.3, -0.25) is 4.79 Å². The lowest BCUT2D eigenvalue weighted by Gasteiger charge is -2.21. The number of ether oxygens (including phenoxy) is 1. The largest absolute Gasteiger partial charge is 0.444 e. The van der Waals surface area contributed by atoms with E-state index in [-0.39, 0.29) is 18.0 Å². The molecule has 2 saturated carbocycles. The molecule has 23 heavy (non-hydrogen) atoms. The topological polar surface area (TPSA) is 79.5 Å². The molecule has 0 spiro atoms. The summed E-state index contributed by atoms with van der Waals surface area (Å²) < 4.78 is 5.28. The second kappa shape index (κ2) is 7.99. The molecule has 6 nitrogen and oxygen atoms in total. The van der Waals surface area contributed by atoms with Crippen LogP contribution < -0.4 is 16.0 Å². The van der Waals surface area contributed by atoms with Crippen molar-refractivity contribution in [1.82, 2.24) is 16.0 Å². The van der Waals surface area contributed by atoms with Crippen LogP contribution >= 0.6 is 0 Å². The van der Waals surface area contributed by atoms with E-state index in [9.17, 15) is 9.59 Å². The van der Waals surface area contributed by atoms with Crippen molar-refractivity contribution >= 4 is 12.0 Å². The highest BCUT2D eigenvalue weighted by Crippen LogP contribution is 2.20. The average Bonchev–Trinajstić information content (AvgIpc) is 3.11. The molecule has 0 aromatic rings. The fourth-order valence-electron chi connectivity index (χ4n) is 2.85. The van der Waals surface area contributed by atoms with Gasteiger partial charge < -0.3 is 20.7 Å². The molecular weight excluding hydrogens is 294 g/mol. The molecular formula is C17H31N3O3. The van der Waals surface area contributed by atoms with Crippen LogP contribution in [0.15, 0.2) is 0 Å². The van der Waals surface area contributed by atoms with Crippen LogP contribution in [0, 0.1) is 0 Å². The average molecular weight is 325 g/mol. The summed E-state index contributed by atoms with van der Waals surface area (Å²) in [4.78, 5) is 23.3. The van der Waals surface area contributed by atoms with Gasteiger partial charge in [-0.05, 0) is 65.8 Å². The number of alkyl carbamates (subject to hydrolysis) is 1. The minimum Gasteiger partial charge on any atom is -0.444 e. The van der Waals surface area contributed by atoms with E-state index in [1.165, 1.54) is 0 Å². The molecule has 0 radical (unpaired) electrons. The van der Waals surface area contributed by atoms with Crippen LogP contribution in [-0.2, 0) is 9.53 Å². The van der Waals surface area contributed by atoms with Crippen LogP contribution in [0.3, 0.4) is 0 Å². The van der Waals surface area contributed by atoms with Gasteiger partial charge in [-0.1, -0.05) is 0 Å². The van der Waals surface area contributed by atoms with Crippen molar-refractivity contribution in [3.8, 4) is 0 Å². The van der Waals surface area contributed by atoms with E-state index >= 15 is 0 Å². The van der Waals surface area contributed by atoms with E-state index in [1.54, 1.807) is 0 Å². The normalized spacial score (nSPS) is 24.3. The predicted molar refractivity (Wildman–Crippen MR) is 89.2 cm³/mol. The minimum atomic E-state index is -0.457. The monoisotopic (exact) mass is 325 g/mol. The maximum Gasteiger partial charge on any atom is 0.407 e. The van der Waals surface area contributed by atoms with Gasteiger partial charge in [-0.2, -0.15) is 0 Å². The second-order valence-electron chi connectivity index (χ2n) is 7.75. The highest BCUT2D eigenvalue weighted by molar-refractivity contribution is 5.76. The first-order valence-electron chi connectivity index (χ1n) is 8.84. The molecule has 0 saturated heterocycles. The fourth-order valence-corrected chi connectivity index (χ4v) is 2.85. The smallest absolute Gasteiger partial charge is 0.407 e. The van der Waals surface area contributed by atoms with Crippen LogP contribution in [0.5, 0.6) is 0 Å². The second-order valence-corrected chi connectivity index (χ2v) is 7.75. The van der Waals surface area contributed by atoms with Gasteiger partial charge in [0.2, 0.25) is 5.91 Å². The van der Waals surface area contributed by atoms with Gasteiger partial charge in [-0.25, -0.2) is 4.79 Å². The molecule has 0 heterocycles.